The minimum atomic E-state index is -0.402. The van der Waals surface area contributed by atoms with Gasteiger partial charge in [0.2, 0.25) is 0 Å². The predicted octanol–water partition coefficient (Wildman–Crippen LogP) is 2.23. The number of aliphatic hydroxyl groups excluding tert-OH is 1. The number of ether oxygens (including phenoxy) is 1. The first-order valence-corrected chi connectivity index (χ1v) is 6.24. The fourth-order valence-electron chi connectivity index (χ4n) is 1.94. The van der Waals surface area contributed by atoms with E-state index in [1.54, 1.807) is 18.3 Å². The first-order valence-electron chi connectivity index (χ1n) is 5.42. The lowest BCUT2D eigenvalue weighted by Crippen LogP contribution is -2.08. The highest BCUT2D eigenvalue weighted by molar-refractivity contribution is 7.11. The Bertz CT molecular complexity index is 329. The lowest BCUT2D eigenvalue weighted by atomic mass is 10.2. The topological polar surface area (TPSA) is 42.4 Å². The molecule has 1 aliphatic rings. The quantitative estimate of drug-likeness (QED) is 0.861. The maximum Gasteiger partial charge on any atom is 0.0957 e. The fraction of sp³-hybridized carbons (Fsp3) is 0.727. The zero-order valence-electron chi connectivity index (χ0n) is 9.19. The van der Waals surface area contributed by atoms with E-state index in [1.165, 1.54) is 0 Å². The van der Waals surface area contributed by atoms with Gasteiger partial charge in [-0.3, -0.25) is 0 Å². The van der Waals surface area contributed by atoms with E-state index in [2.05, 4.69) is 4.98 Å². The normalized spacial score (nSPS) is 23.3. The van der Waals surface area contributed by atoms with Gasteiger partial charge in [-0.25, -0.2) is 4.98 Å². The van der Waals surface area contributed by atoms with Crippen molar-refractivity contribution in [3.05, 3.63) is 15.6 Å². The van der Waals surface area contributed by atoms with Crippen molar-refractivity contribution >= 4 is 11.3 Å². The van der Waals surface area contributed by atoms with Crippen LogP contribution in [0.2, 0.25) is 0 Å². The molecular weight excluding hydrogens is 210 g/mol. The minimum absolute atomic E-state index is 0.345. The number of aryl methyl sites for hydroxylation is 1. The van der Waals surface area contributed by atoms with E-state index in [0.29, 0.717) is 6.10 Å². The van der Waals surface area contributed by atoms with E-state index >= 15 is 0 Å². The van der Waals surface area contributed by atoms with E-state index in [-0.39, 0.29) is 0 Å². The van der Waals surface area contributed by atoms with Crippen LogP contribution in [0.5, 0.6) is 0 Å². The third-order valence-electron chi connectivity index (χ3n) is 2.68. The average molecular weight is 227 g/mol. The van der Waals surface area contributed by atoms with Crippen molar-refractivity contribution in [1.29, 1.82) is 0 Å². The highest BCUT2D eigenvalue weighted by Gasteiger charge is 2.19. The summed E-state index contributed by atoms with van der Waals surface area (Å²) >= 11 is 1.61. The van der Waals surface area contributed by atoms with E-state index in [1.807, 2.05) is 6.92 Å². The monoisotopic (exact) mass is 227 g/mol. The zero-order chi connectivity index (χ0) is 10.8. The highest BCUT2D eigenvalue weighted by atomic mass is 32.1. The molecule has 1 fully saturated rings. The lowest BCUT2D eigenvalue weighted by Gasteiger charge is -2.05. The largest absolute Gasteiger partial charge is 0.388 e. The van der Waals surface area contributed by atoms with Crippen molar-refractivity contribution in [2.45, 2.75) is 45.3 Å². The van der Waals surface area contributed by atoms with Gasteiger partial charge in [0.15, 0.2) is 0 Å². The number of hydrogen-bond acceptors (Lipinski definition) is 4. The molecule has 2 heterocycles. The Morgan fingerprint density at radius 3 is 3.00 bits per heavy atom. The van der Waals surface area contributed by atoms with Gasteiger partial charge in [-0.1, -0.05) is 0 Å². The molecule has 0 amide bonds. The van der Waals surface area contributed by atoms with E-state index < -0.39 is 6.10 Å². The number of thiazole rings is 1. The van der Waals surface area contributed by atoms with Gasteiger partial charge >= 0.3 is 0 Å². The summed E-state index contributed by atoms with van der Waals surface area (Å²) in [5, 5.41) is 10.6. The number of nitrogens with zero attached hydrogens (tertiary/aromatic N) is 1. The molecule has 3 nitrogen and oxygen atoms in total. The Kier molecular flexibility index (Phi) is 3.38. The van der Waals surface area contributed by atoms with Crippen molar-refractivity contribution in [1.82, 2.24) is 4.98 Å². The molecule has 1 aliphatic heterocycles. The van der Waals surface area contributed by atoms with E-state index in [9.17, 15) is 5.11 Å². The van der Waals surface area contributed by atoms with Gasteiger partial charge in [-0.15, -0.1) is 11.3 Å². The Hall–Kier alpha value is -0.450. The summed E-state index contributed by atoms with van der Waals surface area (Å²) < 4.78 is 5.57. The second kappa shape index (κ2) is 4.60. The second-order valence-corrected chi connectivity index (χ2v) is 5.19. The molecule has 84 valence electrons. The van der Waals surface area contributed by atoms with Crippen molar-refractivity contribution in [2.24, 2.45) is 0 Å². The highest BCUT2D eigenvalue weighted by Crippen LogP contribution is 2.27. The lowest BCUT2D eigenvalue weighted by molar-refractivity contribution is 0.111. The molecule has 4 heteroatoms. The number of aromatic nitrogens is 1. The average Bonchev–Trinajstić information content (AvgIpc) is 2.75. The summed E-state index contributed by atoms with van der Waals surface area (Å²) in [5.41, 5.74) is 0.961. The third kappa shape index (κ3) is 2.56. The molecule has 1 N–H and O–H groups in total. The summed E-state index contributed by atoms with van der Waals surface area (Å²) in [4.78, 5) is 5.46. The Morgan fingerprint density at radius 2 is 2.47 bits per heavy atom. The summed E-state index contributed by atoms with van der Waals surface area (Å²) in [6.07, 6.45) is 3.15. The Balaban J connectivity index is 2.05. The van der Waals surface area contributed by atoms with Crippen LogP contribution < -0.4 is 0 Å². The van der Waals surface area contributed by atoms with Gasteiger partial charge in [0.05, 0.1) is 27.8 Å². The molecule has 2 unspecified atom stereocenters. The summed E-state index contributed by atoms with van der Waals surface area (Å²) in [5.74, 6) is 0. The molecule has 0 aromatic carbocycles. The standard InChI is InChI=1S/C11H17NO2S/c1-7-11(8(2)13)15-10(12-7)6-9-4-3-5-14-9/h8-9,13H,3-6H2,1-2H3. The maximum absolute atomic E-state index is 9.52. The van der Waals surface area contributed by atoms with Crippen molar-refractivity contribution in [3.63, 3.8) is 0 Å². The molecule has 0 aliphatic carbocycles. The predicted molar refractivity (Wildman–Crippen MR) is 60.2 cm³/mol. The first kappa shape index (κ1) is 11.0. The minimum Gasteiger partial charge on any atom is -0.388 e. The van der Waals surface area contributed by atoms with E-state index in [0.717, 1.165) is 41.4 Å². The molecule has 0 spiro atoms. The van der Waals surface area contributed by atoms with Gasteiger partial charge < -0.3 is 9.84 Å². The molecule has 1 saturated heterocycles. The van der Waals surface area contributed by atoms with Crippen molar-refractivity contribution < 1.29 is 9.84 Å². The molecule has 0 bridgehead atoms. The molecule has 0 saturated carbocycles. The number of aliphatic hydroxyl groups is 1. The summed E-state index contributed by atoms with van der Waals surface area (Å²) in [6, 6.07) is 0. The van der Waals surface area contributed by atoms with Crippen LogP contribution in [0.25, 0.3) is 0 Å². The van der Waals surface area contributed by atoms with Crippen molar-refractivity contribution in [3.8, 4) is 0 Å². The molecular formula is C11H17NO2S. The molecule has 15 heavy (non-hydrogen) atoms. The summed E-state index contributed by atoms with van der Waals surface area (Å²) in [7, 11) is 0. The van der Waals surface area contributed by atoms with Crippen LogP contribution in [0, 0.1) is 6.92 Å². The van der Waals surface area contributed by atoms with Gasteiger partial charge in [0.25, 0.3) is 0 Å². The molecule has 2 rings (SSSR count). The molecule has 1 aromatic heterocycles. The van der Waals surface area contributed by atoms with Crippen LogP contribution in [-0.4, -0.2) is 22.8 Å². The third-order valence-corrected chi connectivity index (χ3v) is 4.03. The van der Waals surface area contributed by atoms with Crippen LogP contribution in [0.1, 0.15) is 41.4 Å². The first-order chi connectivity index (χ1) is 7.16. The maximum atomic E-state index is 9.52. The second-order valence-electron chi connectivity index (χ2n) is 4.07. The summed E-state index contributed by atoms with van der Waals surface area (Å²) in [6.45, 7) is 4.63. The van der Waals surface area contributed by atoms with Crippen LogP contribution in [0.4, 0.5) is 0 Å². The zero-order valence-corrected chi connectivity index (χ0v) is 10.0. The smallest absolute Gasteiger partial charge is 0.0957 e. The SMILES string of the molecule is Cc1nc(CC2CCCO2)sc1C(C)O. The molecule has 0 radical (unpaired) electrons. The van der Waals surface area contributed by atoms with E-state index in [4.69, 9.17) is 4.74 Å². The number of rotatable bonds is 3. The van der Waals surface area contributed by atoms with Crippen molar-refractivity contribution in [2.75, 3.05) is 6.61 Å². The van der Waals surface area contributed by atoms with Gasteiger partial charge in [0, 0.05) is 13.0 Å². The van der Waals surface area contributed by atoms with Crippen LogP contribution in [-0.2, 0) is 11.2 Å². The Labute approximate surface area is 94.1 Å². The van der Waals surface area contributed by atoms with Gasteiger partial charge in [-0.2, -0.15) is 0 Å². The van der Waals surface area contributed by atoms with Crippen LogP contribution in [0.15, 0.2) is 0 Å². The number of hydrogen-bond donors (Lipinski definition) is 1. The van der Waals surface area contributed by atoms with Crippen LogP contribution in [0.3, 0.4) is 0 Å². The van der Waals surface area contributed by atoms with Crippen LogP contribution >= 0.6 is 11.3 Å². The fourth-order valence-corrected chi connectivity index (χ4v) is 3.01. The molecule has 1 aromatic rings. The van der Waals surface area contributed by atoms with Gasteiger partial charge in [0.1, 0.15) is 0 Å². The molecule has 2 atom stereocenters. The van der Waals surface area contributed by atoms with Gasteiger partial charge in [-0.05, 0) is 26.7 Å². The Morgan fingerprint density at radius 1 is 1.67 bits per heavy atom.